The fraction of sp³-hybridized carbons (Fsp3) is 0.467. The number of aryl methyl sites for hydroxylation is 1. The molecule has 0 aromatic carbocycles. The van der Waals surface area contributed by atoms with Crippen molar-refractivity contribution in [3.05, 3.63) is 34.9 Å². The van der Waals surface area contributed by atoms with E-state index in [1.807, 2.05) is 17.7 Å². The number of aromatic amines is 1. The summed E-state index contributed by atoms with van der Waals surface area (Å²) in [7, 11) is 1.37. The van der Waals surface area contributed by atoms with Crippen LogP contribution >= 0.6 is 0 Å². The van der Waals surface area contributed by atoms with Gasteiger partial charge < -0.3 is 15.0 Å². The van der Waals surface area contributed by atoms with E-state index < -0.39 is 0 Å². The van der Waals surface area contributed by atoms with Crippen LogP contribution < -0.4 is 5.32 Å². The van der Waals surface area contributed by atoms with Gasteiger partial charge in [0.1, 0.15) is 5.69 Å². The van der Waals surface area contributed by atoms with Gasteiger partial charge in [0.05, 0.1) is 30.7 Å². The molecule has 0 fully saturated rings. The van der Waals surface area contributed by atoms with Gasteiger partial charge in [0.2, 0.25) is 0 Å². The molecule has 0 aliphatic carbocycles. The Morgan fingerprint density at radius 1 is 1.43 bits per heavy atom. The number of H-pyrrole nitrogens is 1. The van der Waals surface area contributed by atoms with E-state index in [1.165, 1.54) is 7.11 Å². The Morgan fingerprint density at radius 2 is 2.14 bits per heavy atom. The zero-order valence-electron chi connectivity index (χ0n) is 13.2. The first-order valence-corrected chi connectivity index (χ1v) is 6.99. The molecule has 2 aromatic heterocycles. The van der Waals surface area contributed by atoms with Crippen LogP contribution in [0, 0.1) is 13.8 Å². The Hall–Kier alpha value is -2.24. The van der Waals surface area contributed by atoms with Gasteiger partial charge in [-0.3, -0.25) is 4.68 Å². The van der Waals surface area contributed by atoms with E-state index in [1.54, 1.807) is 6.07 Å². The summed E-state index contributed by atoms with van der Waals surface area (Å²) in [5.74, 6) is -0.360. The Bertz CT molecular complexity index is 640. The molecule has 114 valence electrons. The lowest BCUT2D eigenvalue weighted by molar-refractivity contribution is 0.0594. The molecule has 2 aromatic rings. The van der Waals surface area contributed by atoms with Crippen molar-refractivity contribution in [3.63, 3.8) is 0 Å². The maximum atomic E-state index is 11.4. The van der Waals surface area contributed by atoms with E-state index in [2.05, 4.69) is 40.9 Å². The number of ether oxygens (including phenoxy) is 1. The molecule has 21 heavy (non-hydrogen) atoms. The van der Waals surface area contributed by atoms with Gasteiger partial charge in [-0.2, -0.15) is 5.10 Å². The fourth-order valence-corrected chi connectivity index (χ4v) is 2.38. The second kappa shape index (κ2) is 6.03. The molecule has 2 heterocycles. The highest BCUT2D eigenvalue weighted by Gasteiger charge is 2.14. The molecule has 6 heteroatoms. The molecule has 0 spiro atoms. The van der Waals surface area contributed by atoms with E-state index in [4.69, 9.17) is 0 Å². The molecule has 2 N–H and O–H groups in total. The van der Waals surface area contributed by atoms with Crippen LogP contribution in [-0.2, 0) is 11.3 Å². The molecule has 0 aliphatic rings. The fourth-order valence-electron chi connectivity index (χ4n) is 2.38. The van der Waals surface area contributed by atoms with E-state index in [0.717, 1.165) is 22.8 Å². The zero-order valence-corrected chi connectivity index (χ0v) is 13.2. The average molecular weight is 290 g/mol. The van der Waals surface area contributed by atoms with Crippen LogP contribution in [0.1, 0.15) is 47.5 Å². The van der Waals surface area contributed by atoms with Gasteiger partial charge in [0.15, 0.2) is 0 Å². The minimum absolute atomic E-state index is 0.329. The summed E-state index contributed by atoms with van der Waals surface area (Å²) in [5.41, 5.74) is 4.51. The minimum Gasteiger partial charge on any atom is -0.464 e. The summed E-state index contributed by atoms with van der Waals surface area (Å²) in [4.78, 5) is 14.4. The quantitative estimate of drug-likeness (QED) is 0.831. The number of hydrogen-bond donors (Lipinski definition) is 2. The highest BCUT2D eigenvalue weighted by molar-refractivity contribution is 5.87. The van der Waals surface area contributed by atoms with E-state index in [0.29, 0.717) is 18.3 Å². The predicted molar refractivity (Wildman–Crippen MR) is 81.5 cm³/mol. The Balaban J connectivity index is 2.10. The van der Waals surface area contributed by atoms with Crippen LogP contribution in [0.3, 0.4) is 0 Å². The van der Waals surface area contributed by atoms with Gasteiger partial charge in [-0.1, -0.05) is 0 Å². The van der Waals surface area contributed by atoms with Gasteiger partial charge in [0.25, 0.3) is 0 Å². The van der Waals surface area contributed by atoms with Gasteiger partial charge in [0, 0.05) is 11.7 Å². The summed E-state index contributed by atoms with van der Waals surface area (Å²) in [6.07, 6.45) is 0. The molecule has 0 saturated heterocycles. The molecule has 0 radical (unpaired) electrons. The molecule has 0 unspecified atom stereocenters. The maximum absolute atomic E-state index is 11.4. The second-order valence-corrected chi connectivity index (χ2v) is 5.33. The number of rotatable bonds is 5. The summed E-state index contributed by atoms with van der Waals surface area (Å²) in [6.45, 7) is 8.86. The average Bonchev–Trinajstić information content (AvgIpc) is 3.02. The molecule has 0 atom stereocenters. The van der Waals surface area contributed by atoms with E-state index >= 15 is 0 Å². The van der Waals surface area contributed by atoms with Crippen molar-refractivity contribution < 1.29 is 9.53 Å². The lowest BCUT2D eigenvalue weighted by atomic mass is 10.3. The number of carbonyl (C=O) groups excluding carboxylic acids is 1. The van der Waals surface area contributed by atoms with Gasteiger partial charge in [-0.25, -0.2) is 4.79 Å². The van der Waals surface area contributed by atoms with Crippen LogP contribution in [0.15, 0.2) is 12.1 Å². The van der Waals surface area contributed by atoms with Crippen molar-refractivity contribution in [1.82, 2.24) is 14.8 Å². The number of nitrogens with one attached hydrogen (secondary N) is 2. The Labute approximate surface area is 124 Å². The molecule has 0 aliphatic heterocycles. The third-order valence-corrected chi connectivity index (χ3v) is 3.42. The molecular weight excluding hydrogens is 268 g/mol. The number of carbonyl (C=O) groups is 1. The largest absolute Gasteiger partial charge is 0.464 e. The maximum Gasteiger partial charge on any atom is 0.354 e. The van der Waals surface area contributed by atoms with Gasteiger partial charge >= 0.3 is 5.97 Å². The van der Waals surface area contributed by atoms with Crippen molar-refractivity contribution in [2.24, 2.45) is 0 Å². The summed E-state index contributed by atoms with van der Waals surface area (Å²) >= 11 is 0. The first-order valence-electron chi connectivity index (χ1n) is 6.99. The molecule has 0 bridgehead atoms. The summed E-state index contributed by atoms with van der Waals surface area (Å²) in [5, 5.41) is 7.91. The lowest BCUT2D eigenvalue weighted by Gasteiger charge is -2.09. The Morgan fingerprint density at radius 3 is 2.71 bits per heavy atom. The number of aromatic nitrogens is 3. The predicted octanol–water partition coefficient (Wildman–Crippen LogP) is 2.81. The minimum atomic E-state index is -0.360. The number of esters is 1. The standard InChI is InChI=1S/C15H22N4O2/c1-9(2)19-11(4)14(10(3)18-19)16-8-12-6-7-13(17-12)15(20)21-5/h6-7,9,16-17H,8H2,1-5H3. The van der Waals surface area contributed by atoms with Crippen molar-refractivity contribution in [2.45, 2.75) is 40.3 Å². The normalized spacial score (nSPS) is 11.0. The highest BCUT2D eigenvalue weighted by Crippen LogP contribution is 2.22. The van der Waals surface area contributed by atoms with Crippen molar-refractivity contribution in [3.8, 4) is 0 Å². The third-order valence-electron chi connectivity index (χ3n) is 3.42. The van der Waals surface area contributed by atoms with Gasteiger partial charge in [-0.05, 0) is 39.8 Å². The van der Waals surface area contributed by atoms with E-state index in [-0.39, 0.29) is 5.97 Å². The van der Waals surface area contributed by atoms with Crippen LogP contribution in [0.4, 0.5) is 5.69 Å². The number of hydrogen-bond acceptors (Lipinski definition) is 4. The summed E-state index contributed by atoms with van der Waals surface area (Å²) in [6, 6.07) is 3.92. The Kier molecular flexibility index (Phi) is 4.35. The number of nitrogens with zero attached hydrogens (tertiary/aromatic N) is 2. The monoisotopic (exact) mass is 290 g/mol. The van der Waals surface area contributed by atoms with Crippen LogP contribution in [-0.4, -0.2) is 27.8 Å². The number of methoxy groups -OCH3 is 1. The van der Waals surface area contributed by atoms with Gasteiger partial charge in [-0.15, -0.1) is 0 Å². The number of anilines is 1. The van der Waals surface area contributed by atoms with E-state index in [9.17, 15) is 4.79 Å². The van der Waals surface area contributed by atoms with Crippen LogP contribution in [0.2, 0.25) is 0 Å². The third kappa shape index (κ3) is 3.09. The molecule has 2 rings (SSSR count). The molecule has 0 saturated carbocycles. The molecule has 6 nitrogen and oxygen atoms in total. The first kappa shape index (κ1) is 15.2. The van der Waals surface area contributed by atoms with Crippen LogP contribution in [0.25, 0.3) is 0 Å². The first-order chi connectivity index (χ1) is 9.93. The summed E-state index contributed by atoms with van der Waals surface area (Å²) < 4.78 is 6.68. The zero-order chi connectivity index (χ0) is 15.6. The molecule has 0 amide bonds. The SMILES string of the molecule is COC(=O)c1ccc(CNc2c(C)nn(C(C)C)c2C)[nH]1. The van der Waals surface area contributed by atoms with Crippen molar-refractivity contribution in [2.75, 3.05) is 12.4 Å². The topological polar surface area (TPSA) is 71.9 Å². The smallest absolute Gasteiger partial charge is 0.354 e. The highest BCUT2D eigenvalue weighted by atomic mass is 16.5. The molecular formula is C15H22N4O2. The van der Waals surface area contributed by atoms with Crippen molar-refractivity contribution in [1.29, 1.82) is 0 Å². The van der Waals surface area contributed by atoms with Crippen molar-refractivity contribution >= 4 is 11.7 Å². The van der Waals surface area contributed by atoms with Crippen LogP contribution in [0.5, 0.6) is 0 Å². The lowest BCUT2D eigenvalue weighted by Crippen LogP contribution is -2.06. The second-order valence-electron chi connectivity index (χ2n) is 5.33.